The van der Waals surface area contributed by atoms with Crippen LogP contribution in [0.4, 0.5) is 4.79 Å². The van der Waals surface area contributed by atoms with Crippen LogP contribution in [-0.4, -0.2) is 42.3 Å². The molecule has 180 valence electrons. The van der Waals surface area contributed by atoms with Crippen LogP contribution in [0.25, 0.3) is 11.1 Å². The first-order valence-electron chi connectivity index (χ1n) is 12.1. The third-order valence-corrected chi connectivity index (χ3v) is 7.03. The number of carboxylic acid groups (broad SMARTS) is 1. The van der Waals surface area contributed by atoms with Crippen LogP contribution in [0.1, 0.15) is 56.1 Å². The van der Waals surface area contributed by atoms with Crippen molar-refractivity contribution in [1.29, 1.82) is 0 Å². The molecule has 7 nitrogen and oxygen atoms in total. The van der Waals surface area contributed by atoms with Crippen LogP contribution >= 0.6 is 0 Å². The molecule has 0 heterocycles. The van der Waals surface area contributed by atoms with E-state index in [-0.39, 0.29) is 25.0 Å². The molecule has 1 fully saturated rings. The predicted molar refractivity (Wildman–Crippen MR) is 128 cm³/mol. The number of aliphatic carboxylic acids is 1. The first-order chi connectivity index (χ1) is 16.4. The van der Waals surface area contributed by atoms with Crippen LogP contribution in [0.3, 0.4) is 0 Å². The van der Waals surface area contributed by atoms with Crippen LogP contribution in [0.2, 0.25) is 0 Å². The Morgan fingerprint density at radius 1 is 1.00 bits per heavy atom. The van der Waals surface area contributed by atoms with Gasteiger partial charge in [-0.1, -0.05) is 74.2 Å². The van der Waals surface area contributed by atoms with Gasteiger partial charge in [0, 0.05) is 12.5 Å². The average Bonchev–Trinajstić information content (AvgIpc) is 3.46. The van der Waals surface area contributed by atoms with E-state index >= 15 is 0 Å². The molecule has 2 aliphatic carbocycles. The summed E-state index contributed by atoms with van der Waals surface area (Å²) in [6.45, 7) is 1.76. The number of nitrogens with one attached hydrogen (secondary N) is 2. The van der Waals surface area contributed by atoms with Crippen molar-refractivity contribution in [3.05, 3.63) is 59.7 Å². The number of carbonyl (C=O) groups is 3. The molecule has 0 aromatic heterocycles. The lowest BCUT2D eigenvalue weighted by Gasteiger charge is -2.22. The van der Waals surface area contributed by atoms with Gasteiger partial charge in [-0.15, -0.1) is 0 Å². The first kappa shape index (κ1) is 23.8. The van der Waals surface area contributed by atoms with Gasteiger partial charge in [0.1, 0.15) is 12.6 Å². The average molecular weight is 465 g/mol. The Balaban J connectivity index is 1.35. The number of rotatable bonds is 9. The Morgan fingerprint density at radius 2 is 1.59 bits per heavy atom. The molecular formula is C27H32N2O5. The molecule has 0 saturated heterocycles. The number of benzene rings is 2. The number of alkyl carbamates (subject to hydrolysis) is 1. The number of hydrogen-bond acceptors (Lipinski definition) is 4. The maximum absolute atomic E-state index is 12.7. The summed E-state index contributed by atoms with van der Waals surface area (Å²) in [5, 5.41) is 14.4. The van der Waals surface area contributed by atoms with Gasteiger partial charge in [-0.25, -0.2) is 4.79 Å². The van der Waals surface area contributed by atoms with E-state index in [1.54, 1.807) is 0 Å². The minimum atomic E-state index is -1.09. The molecule has 2 amide bonds. The second kappa shape index (κ2) is 10.7. The standard InChI is InChI=1S/C27H32N2O5/c1-17(26(31)32)29-25(30)19(14-18-8-2-3-9-18)15-28-27(33)34-16-24-22-12-6-4-10-20(22)21-11-5-7-13-23(21)24/h4-7,10-13,17-19,24H,2-3,8-9,14-16H2,1H3,(H,28,33)(H,29,30)(H,31,32)/t17-,19?/m1/s1. The van der Waals surface area contributed by atoms with Crippen LogP contribution < -0.4 is 10.6 Å². The zero-order chi connectivity index (χ0) is 24.1. The van der Waals surface area contributed by atoms with Crippen molar-refractivity contribution < 1.29 is 24.2 Å². The highest BCUT2D eigenvalue weighted by Crippen LogP contribution is 2.44. The zero-order valence-corrected chi connectivity index (χ0v) is 19.5. The summed E-state index contributed by atoms with van der Waals surface area (Å²) in [5.74, 6) is -1.55. The van der Waals surface area contributed by atoms with Crippen molar-refractivity contribution in [3.8, 4) is 11.1 Å². The Kier molecular flexibility index (Phi) is 7.50. The molecule has 2 aliphatic rings. The highest BCUT2D eigenvalue weighted by molar-refractivity contribution is 5.85. The van der Waals surface area contributed by atoms with Gasteiger partial charge in [-0.05, 0) is 41.5 Å². The molecule has 0 aliphatic heterocycles. The topological polar surface area (TPSA) is 105 Å². The molecule has 0 spiro atoms. The van der Waals surface area contributed by atoms with Crippen LogP contribution in [-0.2, 0) is 14.3 Å². The first-order valence-corrected chi connectivity index (χ1v) is 12.1. The summed E-state index contributed by atoms with van der Waals surface area (Å²) in [6, 6.07) is 15.3. The van der Waals surface area contributed by atoms with Gasteiger partial charge in [-0.2, -0.15) is 0 Å². The summed E-state index contributed by atoms with van der Waals surface area (Å²) in [6.07, 6.45) is 4.46. The number of ether oxygens (including phenoxy) is 1. The highest BCUT2D eigenvalue weighted by atomic mass is 16.5. The van der Waals surface area contributed by atoms with E-state index in [9.17, 15) is 14.4 Å². The maximum Gasteiger partial charge on any atom is 0.407 e. The summed E-state index contributed by atoms with van der Waals surface area (Å²) < 4.78 is 5.58. The highest BCUT2D eigenvalue weighted by Gasteiger charge is 2.30. The number of hydrogen-bond donors (Lipinski definition) is 3. The van der Waals surface area contributed by atoms with E-state index in [1.165, 1.54) is 6.92 Å². The van der Waals surface area contributed by atoms with Crippen LogP contribution in [0.5, 0.6) is 0 Å². The normalized spacial score (nSPS) is 16.9. The van der Waals surface area contributed by atoms with Crippen molar-refractivity contribution in [2.24, 2.45) is 11.8 Å². The fourth-order valence-electron chi connectivity index (χ4n) is 5.18. The third-order valence-electron chi connectivity index (χ3n) is 7.03. The van der Waals surface area contributed by atoms with Crippen molar-refractivity contribution in [2.75, 3.05) is 13.2 Å². The predicted octanol–water partition coefficient (Wildman–Crippen LogP) is 4.31. The van der Waals surface area contributed by atoms with Gasteiger partial charge in [0.05, 0.1) is 5.92 Å². The van der Waals surface area contributed by atoms with Crippen LogP contribution in [0.15, 0.2) is 48.5 Å². The van der Waals surface area contributed by atoms with E-state index in [0.717, 1.165) is 47.9 Å². The van der Waals surface area contributed by atoms with Crippen molar-refractivity contribution in [2.45, 2.75) is 51.0 Å². The lowest BCUT2D eigenvalue weighted by Crippen LogP contribution is -2.45. The fourth-order valence-corrected chi connectivity index (χ4v) is 5.18. The van der Waals surface area contributed by atoms with Gasteiger partial charge in [0.15, 0.2) is 0 Å². The summed E-state index contributed by atoms with van der Waals surface area (Å²) in [5.41, 5.74) is 4.59. The second-order valence-electron chi connectivity index (χ2n) is 9.36. The van der Waals surface area contributed by atoms with Crippen LogP contribution in [0, 0.1) is 11.8 Å². The van der Waals surface area contributed by atoms with E-state index in [4.69, 9.17) is 9.84 Å². The summed E-state index contributed by atoms with van der Waals surface area (Å²) in [7, 11) is 0. The lowest BCUT2D eigenvalue weighted by atomic mass is 9.92. The molecule has 0 radical (unpaired) electrons. The molecule has 1 saturated carbocycles. The van der Waals surface area contributed by atoms with E-state index < -0.39 is 24.0 Å². The van der Waals surface area contributed by atoms with E-state index in [0.29, 0.717) is 12.3 Å². The third kappa shape index (κ3) is 5.41. The monoisotopic (exact) mass is 464 g/mol. The Bertz CT molecular complexity index is 1000. The van der Waals surface area contributed by atoms with Gasteiger partial charge in [0.25, 0.3) is 0 Å². The minimum Gasteiger partial charge on any atom is -0.480 e. The molecule has 3 N–H and O–H groups in total. The lowest BCUT2D eigenvalue weighted by molar-refractivity contribution is -0.142. The van der Waals surface area contributed by atoms with Gasteiger partial charge in [0.2, 0.25) is 5.91 Å². The van der Waals surface area contributed by atoms with Gasteiger partial charge in [-0.3, -0.25) is 9.59 Å². The molecule has 34 heavy (non-hydrogen) atoms. The molecule has 1 unspecified atom stereocenters. The molecule has 0 bridgehead atoms. The molecule has 2 aromatic rings. The zero-order valence-electron chi connectivity index (χ0n) is 19.5. The molecular weight excluding hydrogens is 432 g/mol. The summed E-state index contributed by atoms with van der Waals surface area (Å²) in [4.78, 5) is 36.4. The van der Waals surface area contributed by atoms with Gasteiger partial charge < -0.3 is 20.5 Å². The van der Waals surface area contributed by atoms with E-state index in [2.05, 4.69) is 34.9 Å². The maximum atomic E-state index is 12.7. The SMILES string of the molecule is C[C@@H](NC(=O)C(CNC(=O)OCC1c2ccccc2-c2ccccc21)CC1CCCC1)C(=O)O. The quantitative estimate of drug-likeness (QED) is 0.513. The molecule has 2 atom stereocenters. The molecule has 4 rings (SSSR count). The Labute approximate surface area is 199 Å². The second-order valence-corrected chi connectivity index (χ2v) is 9.36. The van der Waals surface area contributed by atoms with E-state index in [1.807, 2.05) is 24.3 Å². The number of amides is 2. The molecule has 2 aromatic carbocycles. The fraction of sp³-hybridized carbons (Fsp3) is 0.444. The van der Waals surface area contributed by atoms with Gasteiger partial charge >= 0.3 is 12.1 Å². The number of carbonyl (C=O) groups excluding carboxylic acids is 2. The minimum absolute atomic E-state index is 0.0350. The van der Waals surface area contributed by atoms with Crippen molar-refractivity contribution in [3.63, 3.8) is 0 Å². The smallest absolute Gasteiger partial charge is 0.407 e. The molecule has 7 heteroatoms. The van der Waals surface area contributed by atoms with Crippen molar-refractivity contribution in [1.82, 2.24) is 10.6 Å². The Hall–Kier alpha value is -3.35. The number of fused-ring (bicyclic) bond motifs is 3. The van der Waals surface area contributed by atoms with Crippen molar-refractivity contribution >= 4 is 18.0 Å². The summed E-state index contributed by atoms with van der Waals surface area (Å²) >= 11 is 0. The largest absolute Gasteiger partial charge is 0.480 e. The Morgan fingerprint density at radius 3 is 2.18 bits per heavy atom. The number of carboxylic acids is 1.